The van der Waals surface area contributed by atoms with E-state index in [-0.39, 0.29) is 32.0 Å². The van der Waals surface area contributed by atoms with Crippen LogP contribution >= 0.6 is 7.82 Å². The van der Waals surface area contributed by atoms with Gasteiger partial charge in [-0.05, 0) is 77.0 Å². The molecule has 432 valence electrons. The molecule has 0 rings (SSSR count). The van der Waals surface area contributed by atoms with E-state index in [4.69, 9.17) is 18.5 Å². The zero-order valence-corrected chi connectivity index (χ0v) is 49.9. The van der Waals surface area contributed by atoms with Crippen molar-refractivity contribution in [3.8, 4) is 0 Å². The van der Waals surface area contributed by atoms with Gasteiger partial charge in [-0.3, -0.25) is 14.2 Å². The van der Waals surface area contributed by atoms with E-state index in [0.717, 1.165) is 70.6 Å². The minimum atomic E-state index is -4.64. The van der Waals surface area contributed by atoms with Crippen LogP contribution in [0.2, 0.25) is 0 Å². The van der Waals surface area contributed by atoms with Crippen LogP contribution in [0, 0.1) is 0 Å². The van der Waals surface area contributed by atoms with Crippen LogP contribution < -0.4 is 4.89 Å². The Balaban J connectivity index is 4.01. The van der Waals surface area contributed by atoms with E-state index < -0.39 is 26.5 Å². The number of likely N-dealkylation sites (N-methyl/N-ethyl adjacent to an activating group) is 1. The standard InChI is InChI=1S/C64H118NO8P/c1-6-8-10-12-14-16-18-20-22-24-25-26-27-28-29-30-31-32-33-34-35-36-37-38-39-41-42-44-46-48-50-52-54-56-63(66)70-60-62(61-72-74(68,69)71-59-58-65(3,4)5)73-64(67)57-55-53-51-49-47-45-43-40-23-21-19-17-15-13-11-9-7-2/h9,11,15,17,21,23-25,43,45,62H,6-8,10,12-14,16,18-20,22,26-42,44,46-61H2,1-5H3/b11-9-,17-15-,23-21-,25-24-,45-43-. The Labute approximate surface area is 457 Å². The first-order chi connectivity index (χ1) is 36.0. The molecule has 0 saturated heterocycles. The third-order valence-corrected chi connectivity index (χ3v) is 14.5. The maximum Gasteiger partial charge on any atom is 0.306 e. The van der Waals surface area contributed by atoms with E-state index in [9.17, 15) is 19.0 Å². The van der Waals surface area contributed by atoms with Crippen LogP contribution in [0.5, 0.6) is 0 Å². The average molecular weight is 1060 g/mol. The third-order valence-electron chi connectivity index (χ3n) is 13.5. The molecule has 9 nitrogen and oxygen atoms in total. The SMILES string of the molecule is CC/C=C\C/C=C\C/C=C\C/C=C\CCCCCCC(=O)OC(COC(=O)CCCCCCCCCCCCCCCCCCCCCCC/C=C\CCCCCCCCCC)COP(=O)([O-])OCC[N+](C)(C)C. The predicted octanol–water partition coefficient (Wildman–Crippen LogP) is 18.9. The maximum atomic E-state index is 12.8. The molecule has 0 aliphatic rings. The summed E-state index contributed by atoms with van der Waals surface area (Å²) in [6.45, 7) is 4.12. The first kappa shape index (κ1) is 71.7. The fraction of sp³-hybridized carbons (Fsp3) is 0.812. The number of carbonyl (C=O) groups excluding carboxylic acids is 2. The molecule has 2 unspecified atom stereocenters. The highest BCUT2D eigenvalue weighted by Crippen LogP contribution is 2.38. The van der Waals surface area contributed by atoms with Crippen molar-refractivity contribution in [1.29, 1.82) is 0 Å². The second kappa shape index (κ2) is 55.5. The van der Waals surface area contributed by atoms with Crippen LogP contribution in [-0.4, -0.2) is 70.0 Å². The predicted molar refractivity (Wildman–Crippen MR) is 314 cm³/mol. The first-order valence-corrected chi connectivity index (χ1v) is 32.5. The third kappa shape index (κ3) is 59.0. The summed E-state index contributed by atoms with van der Waals surface area (Å²) in [7, 11) is 1.15. The van der Waals surface area contributed by atoms with Gasteiger partial charge in [0.25, 0.3) is 7.82 Å². The molecule has 0 fully saturated rings. The van der Waals surface area contributed by atoms with Crippen molar-refractivity contribution >= 4 is 19.8 Å². The van der Waals surface area contributed by atoms with Crippen molar-refractivity contribution in [2.24, 2.45) is 0 Å². The summed E-state index contributed by atoms with van der Waals surface area (Å²) in [6.07, 6.45) is 71.6. The van der Waals surface area contributed by atoms with Crippen LogP contribution in [-0.2, 0) is 32.7 Å². The molecule has 0 saturated carbocycles. The van der Waals surface area contributed by atoms with E-state index >= 15 is 0 Å². The Hall–Kier alpha value is -2.29. The molecule has 0 aromatic rings. The lowest BCUT2D eigenvalue weighted by atomic mass is 10.0. The molecule has 0 N–H and O–H groups in total. The zero-order chi connectivity index (χ0) is 54.2. The van der Waals surface area contributed by atoms with Crippen molar-refractivity contribution < 1.29 is 42.1 Å². The monoisotopic (exact) mass is 1060 g/mol. The normalized spacial score (nSPS) is 13.6. The summed E-state index contributed by atoms with van der Waals surface area (Å²) in [5, 5.41) is 0. The fourth-order valence-corrected chi connectivity index (χ4v) is 9.49. The topological polar surface area (TPSA) is 111 Å². The van der Waals surface area contributed by atoms with E-state index in [1.807, 2.05) is 21.1 Å². The van der Waals surface area contributed by atoms with Crippen LogP contribution in [0.15, 0.2) is 60.8 Å². The molecule has 0 aromatic heterocycles. The lowest BCUT2D eigenvalue weighted by Crippen LogP contribution is -2.37. The Bertz CT molecular complexity index is 1430. The summed E-state index contributed by atoms with van der Waals surface area (Å²) >= 11 is 0. The van der Waals surface area contributed by atoms with Crippen molar-refractivity contribution in [1.82, 2.24) is 0 Å². The quantitative estimate of drug-likeness (QED) is 0.0195. The molecule has 0 radical (unpaired) electrons. The molecule has 0 aliphatic carbocycles. The molecule has 0 bridgehead atoms. The van der Waals surface area contributed by atoms with Crippen LogP contribution in [0.4, 0.5) is 0 Å². The summed E-state index contributed by atoms with van der Waals surface area (Å²) in [4.78, 5) is 37.9. The zero-order valence-electron chi connectivity index (χ0n) is 49.0. The lowest BCUT2D eigenvalue weighted by Gasteiger charge is -2.28. The average Bonchev–Trinajstić information content (AvgIpc) is 3.36. The van der Waals surface area contributed by atoms with Gasteiger partial charge in [0.15, 0.2) is 6.10 Å². The first-order valence-electron chi connectivity index (χ1n) is 31.0. The molecule has 2 atom stereocenters. The molecule has 0 amide bonds. The molecule has 74 heavy (non-hydrogen) atoms. The summed E-state index contributed by atoms with van der Waals surface area (Å²) in [5.74, 6) is -0.853. The maximum absolute atomic E-state index is 12.8. The number of nitrogens with zero attached hydrogens (tertiary/aromatic N) is 1. The highest BCUT2D eigenvalue weighted by molar-refractivity contribution is 7.45. The number of phosphoric ester groups is 1. The molecular weight excluding hydrogens is 942 g/mol. The second-order valence-corrected chi connectivity index (χ2v) is 23.4. The molecule has 0 heterocycles. The Morgan fingerprint density at radius 3 is 1.16 bits per heavy atom. The molecule has 0 spiro atoms. The van der Waals surface area contributed by atoms with Gasteiger partial charge in [-0.1, -0.05) is 254 Å². The Morgan fingerprint density at radius 2 is 0.770 bits per heavy atom. The van der Waals surface area contributed by atoms with Crippen LogP contribution in [0.3, 0.4) is 0 Å². The number of rotatable bonds is 57. The molecule has 10 heteroatoms. The van der Waals surface area contributed by atoms with Crippen LogP contribution in [0.25, 0.3) is 0 Å². The number of allylic oxidation sites excluding steroid dienone is 10. The largest absolute Gasteiger partial charge is 0.756 e. The number of quaternary nitrogens is 1. The van der Waals surface area contributed by atoms with Gasteiger partial charge in [0.05, 0.1) is 27.7 Å². The van der Waals surface area contributed by atoms with Gasteiger partial charge >= 0.3 is 11.9 Å². The van der Waals surface area contributed by atoms with Crippen LogP contribution in [0.1, 0.15) is 284 Å². The lowest BCUT2D eigenvalue weighted by molar-refractivity contribution is -0.870. The highest BCUT2D eigenvalue weighted by Gasteiger charge is 2.22. The Kier molecular flexibility index (Phi) is 53.7. The number of unbranched alkanes of at least 4 members (excludes halogenated alkanes) is 33. The van der Waals surface area contributed by atoms with E-state index in [1.165, 1.54) is 180 Å². The van der Waals surface area contributed by atoms with Gasteiger partial charge in [0, 0.05) is 12.8 Å². The number of hydrogen-bond donors (Lipinski definition) is 0. The molecular formula is C64H118NO8P. The van der Waals surface area contributed by atoms with Gasteiger partial charge in [-0.2, -0.15) is 0 Å². The van der Waals surface area contributed by atoms with Gasteiger partial charge in [0.1, 0.15) is 19.8 Å². The fourth-order valence-electron chi connectivity index (χ4n) is 8.76. The van der Waals surface area contributed by atoms with E-state index in [1.54, 1.807) is 0 Å². The van der Waals surface area contributed by atoms with E-state index in [2.05, 4.69) is 74.6 Å². The summed E-state index contributed by atoms with van der Waals surface area (Å²) < 4.78 is 34.1. The van der Waals surface area contributed by atoms with Gasteiger partial charge in [-0.15, -0.1) is 0 Å². The van der Waals surface area contributed by atoms with E-state index in [0.29, 0.717) is 17.4 Å². The summed E-state index contributed by atoms with van der Waals surface area (Å²) in [6, 6.07) is 0. The smallest absolute Gasteiger partial charge is 0.306 e. The number of hydrogen-bond acceptors (Lipinski definition) is 8. The van der Waals surface area contributed by atoms with Crippen molar-refractivity contribution in [3.05, 3.63) is 60.8 Å². The minimum absolute atomic E-state index is 0.0369. The Morgan fingerprint density at radius 1 is 0.432 bits per heavy atom. The van der Waals surface area contributed by atoms with Crippen molar-refractivity contribution in [3.63, 3.8) is 0 Å². The number of phosphoric acid groups is 1. The molecule has 0 aromatic carbocycles. The van der Waals surface area contributed by atoms with Gasteiger partial charge < -0.3 is 27.9 Å². The van der Waals surface area contributed by atoms with Crippen molar-refractivity contribution in [2.75, 3.05) is 47.5 Å². The number of carbonyl (C=O) groups is 2. The number of ether oxygens (including phenoxy) is 2. The second-order valence-electron chi connectivity index (χ2n) is 22.0. The van der Waals surface area contributed by atoms with Crippen molar-refractivity contribution in [2.45, 2.75) is 290 Å². The highest BCUT2D eigenvalue weighted by atomic mass is 31.2. The molecule has 0 aliphatic heterocycles. The number of esters is 2. The minimum Gasteiger partial charge on any atom is -0.756 e. The van der Waals surface area contributed by atoms with Gasteiger partial charge in [-0.25, -0.2) is 0 Å². The summed E-state index contributed by atoms with van der Waals surface area (Å²) in [5.41, 5.74) is 0. The van der Waals surface area contributed by atoms with Gasteiger partial charge in [0.2, 0.25) is 0 Å².